The van der Waals surface area contributed by atoms with Gasteiger partial charge in [-0.25, -0.2) is 4.79 Å². The minimum Gasteiger partial charge on any atom is -0.481 e. The Morgan fingerprint density at radius 2 is 1.90 bits per heavy atom. The van der Waals surface area contributed by atoms with E-state index in [2.05, 4.69) is 5.32 Å². The van der Waals surface area contributed by atoms with E-state index in [1.165, 1.54) is 0 Å². The molecule has 0 radical (unpaired) electrons. The molecule has 1 atom stereocenters. The molecule has 1 aromatic carbocycles. The molecule has 6 nitrogen and oxygen atoms in total. The first kappa shape index (κ1) is 16.5. The summed E-state index contributed by atoms with van der Waals surface area (Å²) in [5, 5.41) is 20.2. The van der Waals surface area contributed by atoms with Crippen LogP contribution in [0.1, 0.15) is 44.4 Å². The molecule has 0 heterocycles. The van der Waals surface area contributed by atoms with Crippen molar-refractivity contribution in [2.24, 2.45) is 0 Å². The van der Waals surface area contributed by atoms with Crippen LogP contribution in [0.15, 0.2) is 24.3 Å². The maximum absolute atomic E-state index is 11.8. The molecule has 0 saturated heterocycles. The quantitative estimate of drug-likeness (QED) is 0.887. The number of carboxylic acids is 1. The summed E-state index contributed by atoms with van der Waals surface area (Å²) in [7, 11) is 0. The fraction of sp³-hybridized carbons (Fsp3) is 0.400. The molecule has 0 aromatic heterocycles. The van der Waals surface area contributed by atoms with E-state index in [1.54, 1.807) is 45.0 Å². The molecular formula is C15H18N2O4. The van der Waals surface area contributed by atoms with Gasteiger partial charge in [-0.2, -0.15) is 5.26 Å². The first-order chi connectivity index (χ1) is 9.71. The van der Waals surface area contributed by atoms with Gasteiger partial charge in [0, 0.05) is 0 Å². The summed E-state index contributed by atoms with van der Waals surface area (Å²) >= 11 is 0. The molecule has 6 heteroatoms. The molecule has 1 rings (SSSR count). The van der Waals surface area contributed by atoms with Crippen LogP contribution in [0.2, 0.25) is 0 Å². The number of nitriles is 1. The van der Waals surface area contributed by atoms with Gasteiger partial charge in [0.2, 0.25) is 0 Å². The molecule has 0 fully saturated rings. The number of carbonyl (C=O) groups is 2. The number of carboxylic acid groups (broad SMARTS) is 1. The highest BCUT2D eigenvalue weighted by atomic mass is 16.6. The zero-order valence-electron chi connectivity index (χ0n) is 12.2. The lowest BCUT2D eigenvalue weighted by molar-refractivity contribution is -0.137. The van der Waals surface area contributed by atoms with Crippen LogP contribution < -0.4 is 5.32 Å². The molecule has 1 aromatic rings. The molecule has 0 aliphatic rings. The zero-order valence-corrected chi connectivity index (χ0v) is 12.2. The second-order valence-corrected chi connectivity index (χ2v) is 5.53. The van der Waals surface area contributed by atoms with Gasteiger partial charge >= 0.3 is 12.1 Å². The standard InChI is InChI=1S/C15H18N2O4/c1-15(2,3)21-14(20)17-12(8-13(18)19)11-6-4-10(9-16)5-7-11/h4-7,12H,8H2,1-3H3,(H,17,20)(H,18,19)/t12-/m1/s1. The van der Waals surface area contributed by atoms with Gasteiger partial charge < -0.3 is 15.2 Å². The topological polar surface area (TPSA) is 99.4 Å². The van der Waals surface area contributed by atoms with E-state index in [1.807, 2.05) is 6.07 Å². The number of nitrogens with zero attached hydrogens (tertiary/aromatic N) is 1. The van der Waals surface area contributed by atoms with Crippen LogP contribution in [-0.2, 0) is 9.53 Å². The predicted octanol–water partition coefficient (Wildman–Crippen LogP) is 2.60. The highest BCUT2D eigenvalue weighted by Gasteiger charge is 2.22. The Bertz CT molecular complexity index is 553. The molecule has 0 spiro atoms. The monoisotopic (exact) mass is 290 g/mol. The van der Waals surface area contributed by atoms with Crippen LogP contribution in [0.25, 0.3) is 0 Å². The second kappa shape index (κ2) is 6.75. The van der Waals surface area contributed by atoms with Gasteiger partial charge in [0.1, 0.15) is 5.60 Å². The van der Waals surface area contributed by atoms with Gasteiger partial charge in [-0.1, -0.05) is 12.1 Å². The number of hydrogen-bond donors (Lipinski definition) is 2. The van der Waals surface area contributed by atoms with Gasteiger partial charge in [-0.3, -0.25) is 4.79 Å². The highest BCUT2D eigenvalue weighted by molar-refractivity contribution is 5.72. The van der Waals surface area contributed by atoms with Crippen LogP contribution in [0.4, 0.5) is 4.79 Å². The van der Waals surface area contributed by atoms with Crippen LogP contribution in [0.5, 0.6) is 0 Å². The number of aliphatic carboxylic acids is 1. The Morgan fingerprint density at radius 3 is 2.33 bits per heavy atom. The summed E-state index contributed by atoms with van der Waals surface area (Å²) in [5.41, 5.74) is 0.398. The lowest BCUT2D eigenvalue weighted by Crippen LogP contribution is -2.35. The van der Waals surface area contributed by atoms with Crippen molar-refractivity contribution >= 4 is 12.1 Å². The normalized spacial score (nSPS) is 12.1. The summed E-state index contributed by atoms with van der Waals surface area (Å²) in [6.07, 6.45) is -0.955. The maximum Gasteiger partial charge on any atom is 0.408 e. The number of carbonyl (C=O) groups excluding carboxylic acids is 1. The maximum atomic E-state index is 11.8. The number of amides is 1. The van der Waals surface area contributed by atoms with Gasteiger partial charge in [0.15, 0.2) is 0 Å². The minimum atomic E-state index is -1.04. The van der Waals surface area contributed by atoms with E-state index in [4.69, 9.17) is 15.1 Å². The number of alkyl carbamates (subject to hydrolysis) is 1. The summed E-state index contributed by atoms with van der Waals surface area (Å²) in [4.78, 5) is 22.7. The van der Waals surface area contributed by atoms with E-state index in [0.717, 1.165) is 0 Å². The third-order valence-corrected chi connectivity index (χ3v) is 2.51. The molecule has 0 aliphatic carbocycles. The van der Waals surface area contributed by atoms with E-state index in [9.17, 15) is 9.59 Å². The Balaban J connectivity index is 2.87. The van der Waals surface area contributed by atoms with Crippen molar-refractivity contribution in [1.82, 2.24) is 5.32 Å². The van der Waals surface area contributed by atoms with Gasteiger partial charge in [-0.05, 0) is 38.5 Å². The third-order valence-electron chi connectivity index (χ3n) is 2.51. The van der Waals surface area contributed by atoms with Crippen molar-refractivity contribution in [2.75, 3.05) is 0 Å². The highest BCUT2D eigenvalue weighted by Crippen LogP contribution is 2.18. The van der Waals surface area contributed by atoms with Crippen LogP contribution in [-0.4, -0.2) is 22.8 Å². The van der Waals surface area contributed by atoms with E-state index in [0.29, 0.717) is 11.1 Å². The van der Waals surface area contributed by atoms with Gasteiger partial charge in [-0.15, -0.1) is 0 Å². The molecule has 0 bridgehead atoms. The smallest absolute Gasteiger partial charge is 0.408 e. The van der Waals surface area contributed by atoms with E-state index in [-0.39, 0.29) is 6.42 Å². The first-order valence-corrected chi connectivity index (χ1v) is 6.42. The molecule has 0 unspecified atom stereocenters. The summed E-state index contributed by atoms with van der Waals surface area (Å²) in [6.45, 7) is 5.17. The van der Waals surface area contributed by atoms with Crippen LogP contribution in [0.3, 0.4) is 0 Å². The average Bonchev–Trinajstić information content (AvgIpc) is 2.35. The number of rotatable bonds is 4. The molecule has 0 aliphatic heterocycles. The Hall–Kier alpha value is -2.55. The number of ether oxygens (including phenoxy) is 1. The van der Waals surface area contributed by atoms with Crippen molar-refractivity contribution in [3.05, 3.63) is 35.4 Å². The zero-order chi connectivity index (χ0) is 16.0. The summed E-state index contributed by atoms with van der Waals surface area (Å²) in [5.74, 6) is -1.04. The Labute approximate surface area is 123 Å². The molecule has 2 N–H and O–H groups in total. The van der Waals surface area contributed by atoms with Crippen LogP contribution >= 0.6 is 0 Å². The van der Waals surface area contributed by atoms with E-state index >= 15 is 0 Å². The van der Waals surface area contributed by atoms with Crippen molar-refractivity contribution < 1.29 is 19.4 Å². The summed E-state index contributed by atoms with van der Waals surface area (Å²) < 4.78 is 5.12. The predicted molar refractivity (Wildman–Crippen MR) is 75.5 cm³/mol. The Morgan fingerprint density at radius 1 is 1.33 bits per heavy atom. The molecule has 1 amide bonds. The van der Waals surface area contributed by atoms with Gasteiger partial charge in [0.25, 0.3) is 0 Å². The van der Waals surface area contributed by atoms with Gasteiger partial charge in [0.05, 0.1) is 24.1 Å². The SMILES string of the molecule is CC(C)(C)OC(=O)N[C@H](CC(=O)O)c1ccc(C#N)cc1. The second-order valence-electron chi connectivity index (χ2n) is 5.53. The Kier molecular flexibility index (Phi) is 5.30. The van der Waals surface area contributed by atoms with Crippen LogP contribution in [0, 0.1) is 11.3 Å². The average molecular weight is 290 g/mol. The lowest BCUT2D eigenvalue weighted by Gasteiger charge is -2.23. The van der Waals surface area contributed by atoms with Crippen molar-refractivity contribution in [1.29, 1.82) is 5.26 Å². The number of benzene rings is 1. The first-order valence-electron chi connectivity index (χ1n) is 6.42. The van der Waals surface area contributed by atoms with Crippen molar-refractivity contribution in [3.63, 3.8) is 0 Å². The summed E-state index contributed by atoms with van der Waals surface area (Å²) in [6, 6.07) is 7.63. The number of hydrogen-bond acceptors (Lipinski definition) is 4. The molecule has 21 heavy (non-hydrogen) atoms. The third kappa shape index (κ3) is 5.95. The van der Waals surface area contributed by atoms with Crippen molar-refractivity contribution in [3.8, 4) is 6.07 Å². The molecule has 0 saturated carbocycles. The largest absolute Gasteiger partial charge is 0.481 e. The van der Waals surface area contributed by atoms with E-state index < -0.39 is 23.7 Å². The molecular weight excluding hydrogens is 272 g/mol. The fourth-order valence-electron chi connectivity index (χ4n) is 1.67. The lowest BCUT2D eigenvalue weighted by atomic mass is 10.0. The minimum absolute atomic E-state index is 0.273. The number of nitrogens with one attached hydrogen (secondary N) is 1. The fourth-order valence-corrected chi connectivity index (χ4v) is 1.67. The van der Waals surface area contributed by atoms with Crippen molar-refractivity contribution in [2.45, 2.75) is 38.8 Å². The molecule has 112 valence electrons.